The predicted molar refractivity (Wildman–Crippen MR) is 81.0 cm³/mol. The van der Waals surface area contributed by atoms with Crippen LogP contribution in [0, 0.1) is 0 Å². The summed E-state index contributed by atoms with van der Waals surface area (Å²) in [7, 11) is 0. The van der Waals surface area contributed by atoms with Crippen molar-refractivity contribution in [2.24, 2.45) is 0 Å². The lowest BCUT2D eigenvalue weighted by Crippen LogP contribution is -2.25. The molecule has 1 N–H and O–H groups in total. The van der Waals surface area contributed by atoms with Gasteiger partial charge < -0.3 is 9.84 Å². The van der Waals surface area contributed by atoms with Crippen molar-refractivity contribution in [1.29, 1.82) is 0 Å². The van der Waals surface area contributed by atoms with E-state index >= 15 is 0 Å². The van der Waals surface area contributed by atoms with Crippen LogP contribution < -0.4 is 4.74 Å². The molecule has 106 valence electrons. The van der Waals surface area contributed by atoms with Crippen LogP contribution in [0.15, 0.2) is 36.4 Å². The molecule has 0 aromatic heterocycles. The van der Waals surface area contributed by atoms with Gasteiger partial charge in [-0.2, -0.15) is 0 Å². The number of likely N-dealkylation sites (tertiary alicyclic amines) is 1. The number of hydrogen-bond donors (Lipinski definition) is 1. The molecule has 3 rings (SSSR count). The lowest BCUT2D eigenvalue weighted by Gasteiger charge is -2.17. The number of rotatable bonds is 5. The van der Waals surface area contributed by atoms with E-state index in [0.717, 1.165) is 28.6 Å². The summed E-state index contributed by atoms with van der Waals surface area (Å²) in [5, 5.41) is 11.9. The summed E-state index contributed by atoms with van der Waals surface area (Å²) in [6.45, 7) is 4.05. The Morgan fingerprint density at radius 3 is 2.65 bits per heavy atom. The maximum atomic E-state index is 9.64. The van der Waals surface area contributed by atoms with Crippen LogP contribution in [0.1, 0.15) is 18.4 Å². The van der Waals surface area contributed by atoms with E-state index in [1.165, 1.54) is 25.9 Å². The van der Waals surface area contributed by atoms with Gasteiger partial charge in [0.2, 0.25) is 0 Å². The van der Waals surface area contributed by atoms with E-state index in [0.29, 0.717) is 6.61 Å². The molecule has 1 saturated heterocycles. The third kappa shape index (κ3) is 2.79. The molecule has 2 aromatic carbocycles. The van der Waals surface area contributed by atoms with Gasteiger partial charge in [0, 0.05) is 12.1 Å². The summed E-state index contributed by atoms with van der Waals surface area (Å²) < 4.78 is 5.90. The second-order valence-electron chi connectivity index (χ2n) is 5.32. The van der Waals surface area contributed by atoms with Crippen molar-refractivity contribution in [1.82, 2.24) is 4.90 Å². The molecule has 0 radical (unpaired) electrons. The first-order valence-corrected chi connectivity index (χ1v) is 7.35. The van der Waals surface area contributed by atoms with Gasteiger partial charge in [-0.15, -0.1) is 0 Å². The third-order valence-electron chi connectivity index (χ3n) is 4.02. The highest BCUT2D eigenvalue weighted by Crippen LogP contribution is 2.28. The molecule has 0 spiro atoms. The summed E-state index contributed by atoms with van der Waals surface area (Å²) in [4.78, 5) is 2.43. The van der Waals surface area contributed by atoms with Gasteiger partial charge in [-0.05, 0) is 42.8 Å². The molecular weight excluding hydrogens is 250 g/mol. The Morgan fingerprint density at radius 1 is 1.05 bits per heavy atom. The minimum Gasteiger partial charge on any atom is -0.492 e. The molecule has 3 nitrogen and oxygen atoms in total. The minimum atomic E-state index is 0.0143. The van der Waals surface area contributed by atoms with Crippen LogP contribution in [0.4, 0.5) is 0 Å². The summed E-state index contributed by atoms with van der Waals surface area (Å²) in [6, 6.07) is 12.1. The molecule has 3 heteroatoms. The van der Waals surface area contributed by atoms with Crippen LogP contribution in [-0.4, -0.2) is 36.2 Å². The normalized spacial score (nSPS) is 15.8. The number of aliphatic hydroxyl groups is 1. The predicted octanol–water partition coefficient (Wildman–Crippen LogP) is 2.81. The highest BCUT2D eigenvalue weighted by Gasteiger charge is 2.12. The zero-order valence-corrected chi connectivity index (χ0v) is 11.7. The molecule has 20 heavy (non-hydrogen) atoms. The number of ether oxygens (including phenoxy) is 1. The van der Waals surface area contributed by atoms with Crippen LogP contribution in [-0.2, 0) is 6.61 Å². The number of aliphatic hydroxyl groups excluding tert-OH is 1. The first-order chi connectivity index (χ1) is 9.88. The fourth-order valence-electron chi connectivity index (χ4n) is 2.91. The Morgan fingerprint density at radius 2 is 1.85 bits per heavy atom. The van der Waals surface area contributed by atoms with Gasteiger partial charge in [-0.3, -0.25) is 4.90 Å². The van der Waals surface area contributed by atoms with Crippen LogP contribution in [0.2, 0.25) is 0 Å². The molecule has 1 heterocycles. The smallest absolute Gasteiger partial charge is 0.125 e. The minimum absolute atomic E-state index is 0.0143. The van der Waals surface area contributed by atoms with Crippen molar-refractivity contribution in [2.75, 3.05) is 26.2 Å². The maximum Gasteiger partial charge on any atom is 0.125 e. The monoisotopic (exact) mass is 271 g/mol. The van der Waals surface area contributed by atoms with Crippen LogP contribution in [0.25, 0.3) is 10.8 Å². The standard InChI is InChI=1S/C17H21NO2/c19-13-16-15-6-2-1-5-14(15)7-8-17(16)20-12-11-18-9-3-4-10-18/h1-2,5-8,19H,3-4,9-13H2. The number of benzene rings is 2. The molecule has 0 bridgehead atoms. The fourth-order valence-corrected chi connectivity index (χ4v) is 2.91. The summed E-state index contributed by atoms with van der Waals surface area (Å²) in [5.41, 5.74) is 0.893. The zero-order chi connectivity index (χ0) is 13.8. The van der Waals surface area contributed by atoms with Crippen molar-refractivity contribution < 1.29 is 9.84 Å². The second kappa shape index (κ2) is 6.25. The molecule has 1 fully saturated rings. The number of nitrogens with zero attached hydrogens (tertiary/aromatic N) is 1. The highest BCUT2D eigenvalue weighted by molar-refractivity contribution is 5.87. The van der Waals surface area contributed by atoms with E-state index in [2.05, 4.69) is 17.0 Å². The average molecular weight is 271 g/mol. The van der Waals surface area contributed by atoms with Crippen molar-refractivity contribution in [3.63, 3.8) is 0 Å². The third-order valence-corrected chi connectivity index (χ3v) is 4.02. The van der Waals surface area contributed by atoms with E-state index in [-0.39, 0.29) is 6.61 Å². The topological polar surface area (TPSA) is 32.7 Å². The highest BCUT2D eigenvalue weighted by atomic mass is 16.5. The molecule has 1 aliphatic rings. The van der Waals surface area contributed by atoms with Gasteiger partial charge in [-0.25, -0.2) is 0 Å². The van der Waals surface area contributed by atoms with Crippen LogP contribution in [0.5, 0.6) is 5.75 Å². The van der Waals surface area contributed by atoms with Gasteiger partial charge in [-0.1, -0.05) is 30.3 Å². The Hall–Kier alpha value is -1.58. The summed E-state index contributed by atoms with van der Waals surface area (Å²) in [6.07, 6.45) is 2.61. The molecule has 0 unspecified atom stereocenters. The Balaban J connectivity index is 1.73. The number of fused-ring (bicyclic) bond motifs is 1. The maximum absolute atomic E-state index is 9.64. The molecule has 0 saturated carbocycles. The van der Waals surface area contributed by atoms with Gasteiger partial charge in [0.25, 0.3) is 0 Å². The van der Waals surface area contributed by atoms with Gasteiger partial charge in [0.15, 0.2) is 0 Å². The Kier molecular flexibility index (Phi) is 4.19. The molecular formula is C17H21NO2. The van der Waals surface area contributed by atoms with Crippen molar-refractivity contribution in [3.05, 3.63) is 42.0 Å². The second-order valence-corrected chi connectivity index (χ2v) is 5.32. The van der Waals surface area contributed by atoms with E-state index < -0.39 is 0 Å². The van der Waals surface area contributed by atoms with Gasteiger partial charge >= 0.3 is 0 Å². The Bertz CT molecular complexity index is 576. The average Bonchev–Trinajstić information content (AvgIpc) is 3.00. The molecule has 1 aliphatic heterocycles. The lowest BCUT2D eigenvalue weighted by molar-refractivity contribution is 0.228. The van der Waals surface area contributed by atoms with E-state index in [9.17, 15) is 5.11 Å². The van der Waals surface area contributed by atoms with E-state index in [1.54, 1.807) is 0 Å². The zero-order valence-electron chi connectivity index (χ0n) is 11.7. The van der Waals surface area contributed by atoms with Gasteiger partial charge in [0.05, 0.1) is 6.61 Å². The molecule has 0 atom stereocenters. The Labute approximate surface area is 119 Å². The first kappa shape index (κ1) is 13.4. The summed E-state index contributed by atoms with van der Waals surface area (Å²) >= 11 is 0. The van der Waals surface area contributed by atoms with Crippen molar-refractivity contribution in [3.8, 4) is 5.75 Å². The first-order valence-electron chi connectivity index (χ1n) is 7.35. The largest absolute Gasteiger partial charge is 0.492 e. The molecule has 0 aliphatic carbocycles. The van der Waals surface area contributed by atoms with Gasteiger partial charge in [0.1, 0.15) is 12.4 Å². The number of hydrogen-bond acceptors (Lipinski definition) is 3. The SMILES string of the molecule is OCc1c(OCCN2CCCC2)ccc2ccccc12. The lowest BCUT2D eigenvalue weighted by atomic mass is 10.0. The molecule has 2 aromatic rings. The quantitative estimate of drug-likeness (QED) is 0.907. The van der Waals surface area contributed by atoms with Crippen LogP contribution >= 0.6 is 0 Å². The van der Waals surface area contributed by atoms with Crippen LogP contribution in [0.3, 0.4) is 0 Å². The molecule has 0 amide bonds. The van der Waals surface area contributed by atoms with E-state index in [4.69, 9.17) is 4.74 Å². The van der Waals surface area contributed by atoms with E-state index in [1.807, 2.05) is 24.3 Å². The fraction of sp³-hybridized carbons (Fsp3) is 0.412. The van der Waals surface area contributed by atoms with Crippen molar-refractivity contribution >= 4 is 10.8 Å². The van der Waals surface area contributed by atoms with Crippen molar-refractivity contribution in [2.45, 2.75) is 19.4 Å². The summed E-state index contributed by atoms with van der Waals surface area (Å²) in [5.74, 6) is 0.811.